The third-order valence-corrected chi connectivity index (χ3v) is 5.50. The van der Waals surface area contributed by atoms with Gasteiger partial charge in [0.25, 0.3) is 17.4 Å². The summed E-state index contributed by atoms with van der Waals surface area (Å²) in [5.41, 5.74) is 0.0891. The number of carbonyl (C=O) groups excluding carboxylic acids is 1. The first kappa shape index (κ1) is 21.9. The van der Waals surface area contributed by atoms with Crippen LogP contribution in [0.15, 0.2) is 47.5 Å². The summed E-state index contributed by atoms with van der Waals surface area (Å²) in [7, 11) is 1.55. The maximum absolute atomic E-state index is 14.3. The minimum absolute atomic E-state index is 0.148. The van der Waals surface area contributed by atoms with E-state index in [-0.39, 0.29) is 22.9 Å². The number of anilines is 1. The van der Waals surface area contributed by atoms with Crippen molar-refractivity contribution in [3.63, 3.8) is 0 Å². The van der Waals surface area contributed by atoms with Crippen molar-refractivity contribution in [2.45, 2.75) is 31.4 Å². The number of aromatic nitrogens is 3. The second-order valence-electron chi connectivity index (χ2n) is 7.52. The topological polar surface area (TPSA) is 78.1 Å². The molecular formula is C21H18ClF3N4O3. The number of ether oxygens (including phenoxy) is 1. The molecule has 1 saturated carbocycles. The van der Waals surface area contributed by atoms with Gasteiger partial charge < -0.3 is 14.6 Å². The van der Waals surface area contributed by atoms with Crippen LogP contribution in [0.4, 0.5) is 19.0 Å². The van der Waals surface area contributed by atoms with E-state index in [0.29, 0.717) is 5.75 Å². The highest BCUT2D eigenvalue weighted by Crippen LogP contribution is 2.45. The van der Waals surface area contributed by atoms with Crippen LogP contribution < -0.4 is 15.6 Å². The molecule has 0 bridgehead atoms. The Morgan fingerprint density at radius 3 is 2.59 bits per heavy atom. The van der Waals surface area contributed by atoms with Gasteiger partial charge in [0.15, 0.2) is 11.6 Å². The molecule has 1 fully saturated rings. The summed E-state index contributed by atoms with van der Waals surface area (Å²) in [4.78, 5) is 24.8. The predicted octanol–water partition coefficient (Wildman–Crippen LogP) is 4.12. The molecule has 4 rings (SSSR count). The monoisotopic (exact) mass is 466 g/mol. The molecule has 11 heteroatoms. The lowest BCUT2D eigenvalue weighted by atomic mass is 9.88. The van der Waals surface area contributed by atoms with Gasteiger partial charge >= 0.3 is 0 Å². The van der Waals surface area contributed by atoms with Gasteiger partial charge in [0.05, 0.1) is 30.4 Å². The van der Waals surface area contributed by atoms with Gasteiger partial charge in [0, 0.05) is 31.1 Å². The zero-order valence-electron chi connectivity index (χ0n) is 16.8. The standard InChI is InChI=1S/C21H18ClF3N4O3/c1-32-14-4-2-12(3-5-14)9-28-11-17(23)19(27-28)26-20(31)15-10-29(18(30)6-16(15)22)13-7-21(24,25)8-13/h2-6,10-11,13H,7-9H2,1H3,(H,26,27,31). The van der Waals surface area contributed by atoms with E-state index in [4.69, 9.17) is 16.3 Å². The first-order chi connectivity index (χ1) is 15.1. The van der Waals surface area contributed by atoms with E-state index in [9.17, 15) is 22.8 Å². The molecule has 0 saturated heterocycles. The van der Waals surface area contributed by atoms with Gasteiger partial charge in [-0.15, -0.1) is 0 Å². The lowest BCUT2D eigenvalue weighted by Crippen LogP contribution is -2.41. The molecule has 0 unspecified atom stereocenters. The molecule has 0 atom stereocenters. The van der Waals surface area contributed by atoms with Crippen LogP contribution in [0.25, 0.3) is 0 Å². The molecule has 1 aliphatic rings. The van der Waals surface area contributed by atoms with E-state index >= 15 is 0 Å². The highest BCUT2D eigenvalue weighted by Gasteiger charge is 2.46. The van der Waals surface area contributed by atoms with Crippen molar-refractivity contribution in [3.05, 3.63) is 75.0 Å². The van der Waals surface area contributed by atoms with Gasteiger partial charge in [-0.1, -0.05) is 23.7 Å². The van der Waals surface area contributed by atoms with Crippen molar-refractivity contribution in [2.75, 3.05) is 12.4 Å². The molecule has 1 amide bonds. The molecule has 7 nitrogen and oxygen atoms in total. The van der Waals surface area contributed by atoms with Crippen LogP contribution in [-0.4, -0.2) is 33.3 Å². The Labute approximate surface area is 185 Å². The van der Waals surface area contributed by atoms with E-state index in [0.717, 1.165) is 28.6 Å². The number of halogens is 4. The highest BCUT2D eigenvalue weighted by atomic mass is 35.5. The van der Waals surface area contributed by atoms with E-state index in [1.54, 1.807) is 31.4 Å². The minimum Gasteiger partial charge on any atom is -0.497 e. The quantitative estimate of drug-likeness (QED) is 0.593. The number of hydrogen-bond acceptors (Lipinski definition) is 4. The van der Waals surface area contributed by atoms with Gasteiger partial charge in [0.1, 0.15) is 5.75 Å². The van der Waals surface area contributed by atoms with Crippen molar-refractivity contribution in [3.8, 4) is 5.75 Å². The lowest BCUT2D eigenvalue weighted by Gasteiger charge is -2.36. The first-order valence-corrected chi connectivity index (χ1v) is 10.00. The molecule has 1 aliphatic carbocycles. The predicted molar refractivity (Wildman–Crippen MR) is 111 cm³/mol. The number of hydrogen-bond donors (Lipinski definition) is 1. The second kappa shape index (κ2) is 8.34. The number of benzene rings is 1. The molecule has 0 aliphatic heterocycles. The fourth-order valence-electron chi connectivity index (χ4n) is 3.46. The molecule has 3 aromatic rings. The molecule has 1 aromatic carbocycles. The van der Waals surface area contributed by atoms with Gasteiger partial charge in [-0.05, 0) is 17.7 Å². The van der Waals surface area contributed by atoms with Crippen LogP contribution in [0, 0.1) is 5.82 Å². The first-order valence-electron chi connectivity index (χ1n) is 9.62. The zero-order chi connectivity index (χ0) is 23.0. The van der Waals surface area contributed by atoms with Crippen molar-refractivity contribution in [1.82, 2.24) is 14.3 Å². The van der Waals surface area contributed by atoms with Crippen molar-refractivity contribution >= 4 is 23.3 Å². The Morgan fingerprint density at radius 2 is 1.97 bits per heavy atom. The molecule has 32 heavy (non-hydrogen) atoms. The van der Waals surface area contributed by atoms with E-state index in [1.807, 2.05) is 0 Å². The summed E-state index contributed by atoms with van der Waals surface area (Å²) in [6, 6.07) is 7.35. The molecule has 0 radical (unpaired) electrons. The van der Waals surface area contributed by atoms with E-state index in [2.05, 4.69) is 10.4 Å². The number of amides is 1. The number of carbonyl (C=O) groups is 1. The maximum atomic E-state index is 14.3. The maximum Gasteiger partial charge on any atom is 0.259 e. The van der Waals surface area contributed by atoms with Gasteiger partial charge in [-0.2, -0.15) is 5.10 Å². The van der Waals surface area contributed by atoms with Crippen LogP contribution in [-0.2, 0) is 6.54 Å². The Bertz CT molecular complexity index is 1220. The van der Waals surface area contributed by atoms with Gasteiger partial charge in [-0.25, -0.2) is 13.2 Å². The Hall–Kier alpha value is -3.27. The smallest absolute Gasteiger partial charge is 0.259 e. The Balaban J connectivity index is 1.51. The lowest BCUT2D eigenvalue weighted by molar-refractivity contribution is -0.104. The number of alkyl halides is 2. The summed E-state index contributed by atoms with van der Waals surface area (Å²) in [5.74, 6) is -4.07. The molecule has 168 valence electrons. The third kappa shape index (κ3) is 4.50. The van der Waals surface area contributed by atoms with Crippen LogP contribution >= 0.6 is 11.6 Å². The second-order valence-corrected chi connectivity index (χ2v) is 7.93. The average molecular weight is 467 g/mol. The van der Waals surface area contributed by atoms with E-state index in [1.165, 1.54) is 4.68 Å². The molecular weight excluding hydrogens is 449 g/mol. The van der Waals surface area contributed by atoms with Crippen LogP contribution in [0.1, 0.15) is 34.8 Å². The minimum atomic E-state index is -2.84. The fraction of sp³-hybridized carbons (Fsp3) is 0.286. The van der Waals surface area contributed by atoms with Gasteiger partial charge in [-0.3, -0.25) is 14.3 Å². The van der Waals surface area contributed by atoms with Crippen LogP contribution in [0.5, 0.6) is 5.75 Å². The number of nitrogens with zero attached hydrogens (tertiary/aromatic N) is 3. The summed E-state index contributed by atoms with van der Waals surface area (Å²) in [6.45, 7) is 0.248. The molecule has 1 N–H and O–H groups in total. The zero-order valence-corrected chi connectivity index (χ0v) is 17.6. The highest BCUT2D eigenvalue weighted by molar-refractivity contribution is 6.34. The normalized spacial score (nSPS) is 15.3. The largest absolute Gasteiger partial charge is 0.497 e. The summed E-state index contributed by atoms with van der Waals surface area (Å²) in [6.07, 6.45) is 1.24. The number of pyridine rings is 1. The Kier molecular flexibility index (Phi) is 5.72. The number of methoxy groups -OCH3 is 1. The number of nitrogens with one attached hydrogen (secondary N) is 1. The van der Waals surface area contributed by atoms with Crippen molar-refractivity contribution in [1.29, 1.82) is 0 Å². The number of rotatable bonds is 6. The average Bonchev–Trinajstić information content (AvgIpc) is 3.05. The molecule has 2 aromatic heterocycles. The summed E-state index contributed by atoms with van der Waals surface area (Å²) in [5, 5.41) is 6.17. The van der Waals surface area contributed by atoms with Crippen molar-refractivity contribution < 1.29 is 22.7 Å². The molecule has 2 heterocycles. The van der Waals surface area contributed by atoms with Gasteiger partial charge in [0.2, 0.25) is 0 Å². The Morgan fingerprint density at radius 1 is 1.28 bits per heavy atom. The molecule has 0 spiro atoms. The van der Waals surface area contributed by atoms with Crippen LogP contribution in [0.2, 0.25) is 5.02 Å². The third-order valence-electron chi connectivity index (χ3n) is 5.19. The summed E-state index contributed by atoms with van der Waals surface area (Å²) >= 11 is 6.01. The fourth-order valence-corrected chi connectivity index (χ4v) is 3.69. The van der Waals surface area contributed by atoms with Crippen LogP contribution in [0.3, 0.4) is 0 Å². The summed E-state index contributed by atoms with van der Waals surface area (Å²) < 4.78 is 48.2. The van der Waals surface area contributed by atoms with E-state index < -0.39 is 42.1 Å². The van der Waals surface area contributed by atoms with Crippen molar-refractivity contribution in [2.24, 2.45) is 0 Å². The SMILES string of the molecule is COc1ccc(Cn2cc(F)c(NC(=O)c3cn(C4CC(F)(F)C4)c(=O)cc3Cl)n2)cc1.